The van der Waals surface area contributed by atoms with Gasteiger partial charge in [0.15, 0.2) is 5.96 Å². The van der Waals surface area contributed by atoms with E-state index in [-0.39, 0.29) is 0 Å². The minimum absolute atomic E-state index is 0.496. The largest absolute Gasteiger partial charge is 0.459 e. The van der Waals surface area contributed by atoms with Gasteiger partial charge in [-0.15, -0.1) is 0 Å². The first-order chi connectivity index (χ1) is 12.7. The first-order valence-corrected chi connectivity index (χ1v) is 9.87. The minimum Gasteiger partial charge on any atom is -0.459 e. The Hall–Kier alpha value is -2.01. The number of guanidine groups is 1. The van der Waals surface area contributed by atoms with E-state index in [1.807, 2.05) is 19.2 Å². The Morgan fingerprint density at radius 1 is 1.27 bits per heavy atom. The number of nitrogens with zero attached hydrogens (tertiary/aromatic N) is 2. The molecule has 1 saturated heterocycles. The fourth-order valence-corrected chi connectivity index (χ4v) is 3.63. The second-order valence-electron chi connectivity index (χ2n) is 7.19. The van der Waals surface area contributed by atoms with Crippen LogP contribution in [-0.4, -0.2) is 43.6 Å². The van der Waals surface area contributed by atoms with Gasteiger partial charge in [-0.2, -0.15) is 0 Å². The maximum Gasteiger partial charge on any atom is 0.191 e. The number of aliphatic imine (C=N–C) groups is 1. The molecule has 26 heavy (non-hydrogen) atoms. The number of furan rings is 1. The fraction of sp³-hybridized carbons (Fsp3) is 0.571. The minimum atomic E-state index is 0.496. The summed E-state index contributed by atoms with van der Waals surface area (Å²) < 4.78 is 5.98. The maximum absolute atomic E-state index is 5.98. The molecule has 3 rings (SSSR count). The number of piperidine rings is 1. The fourth-order valence-electron chi connectivity index (χ4n) is 3.63. The zero-order chi connectivity index (χ0) is 18.4. The summed E-state index contributed by atoms with van der Waals surface area (Å²) in [6.07, 6.45) is 4.93. The van der Waals surface area contributed by atoms with Gasteiger partial charge in [-0.05, 0) is 38.8 Å². The van der Waals surface area contributed by atoms with Gasteiger partial charge >= 0.3 is 0 Å². The van der Waals surface area contributed by atoms with Gasteiger partial charge < -0.3 is 20.0 Å². The highest BCUT2D eigenvalue weighted by molar-refractivity contribution is 5.83. The quantitative estimate of drug-likeness (QED) is 0.612. The van der Waals surface area contributed by atoms with Crippen molar-refractivity contribution in [3.8, 4) is 0 Å². The van der Waals surface area contributed by atoms with Crippen LogP contribution in [0.4, 0.5) is 0 Å². The Kier molecular flexibility index (Phi) is 6.56. The van der Waals surface area contributed by atoms with Crippen LogP contribution in [0.5, 0.6) is 0 Å². The van der Waals surface area contributed by atoms with Crippen LogP contribution in [0.2, 0.25) is 0 Å². The number of hydrogen-bond donors (Lipinski definition) is 2. The second-order valence-corrected chi connectivity index (χ2v) is 7.19. The summed E-state index contributed by atoms with van der Waals surface area (Å²) in [5, 5.41) is 8.17. The van der Waals surface area contributed by atoms with E-state index in [4.69, 9.17) is 4.42 Å². The molecule has 142 valence electrons. The summed E-state index contributed by atoms with van der Waals surface area (Å²) in [6, 6.07) is 8.68. The first-order valence-electron chi connectivity index (χ1n) is 9.87. The standard InChI is InChI=1S/C21H32N4O/c1-4-5-12-25-13-10-17(11-14-25)24-21(22-3)23-15-20-16(2)18-8-6-7-9-19(18)26-20/h6-9,17H,4-5,10-15H2,1-3H3,(H2,22,23,24). The Balaban J connectivity index is 1.50. The van der Waals surface area contributed by atoms with Gasteiger partial charge in [0.2, 0.25) is 0 Å². The molecule has 1 aromatic heterocycles. The van der Waals surface area contributed by atoms with Crippen LogP contribution in [0.3, 0.4) is 0 Å². The normalized spacial score (nSPS) is 17.0. The molecule has 1 aromatic carbocycles. The van der Waals surface area contributed by atoms with Crippen LogP contribution in [0, 0.1) is 6.92 Å². The molecular weight excluding hydrogens is 324 g/mol. The predicted octanol–water partition coefficient (Wildman–Crippen LogP) is 3.67. The molecular formula is C21H32N4O. The molecule has 2 N–H and O–H groups in total. The highest BCUT2D eigenvalue weighted by Crippen LogP contribution is 2.24. The first kappa shape index (κ1) is 18.8. The van der Waals surface area contributed by atoms with E-state index in [0.717, 1.165) is 17.3 Å². The highest BCUT2D eigenvalue weighted by Gasteiger charge is 2.19. The van der Waals surface area contributed by atoms with E-state index >= 15 is 0 Å². The SMILES string of the molecule is CCCCN1CCC(NC(=NC)NCc2oc3ccccc3c2C)CC1. The number of para-hydroxylation sites is 1. The van der Waals surface area contributed by atoms with Gasteiger partial charge in [-0.25, -0.2) is 0 Å². The number of fused-ring (bicyclic) bond motifs is 1. The maximum atomic E-state index is 5.98. The number of nitrogens with one attached hydrogen (secondary N) is 2. The molecule has 0 bridgehead atoms. The summed E-state index contributed by atoms with van der Waals surface area (Å²) in [4.78, 5) is 6.97. The molecule has 0 radical (unpaired) electrons. The molecule has 1 aliphatic rings. The van der Waals surface area contributed by atoms with Crippen LogP contribution >= 0.6 is 0 Å². The van der Waals surface area contributed by atoms with Crippen LogP contribution in [0.15, 0.2) is 33.7 Å². The molecule has 5 heteroatoms. The molecule has 0 spiro atoms. The lowest BCUT2D eigenvalue weighted by Gasteiger charge is -2.33. The lowest BCUT2D eigenvalue weighted by molar-refractivity contribution is 0.203. The van der Waals surface area contributed by atoms with Crippen LogP contribution in [-0.2, 0) is 6.54 Å². The summed E-state index contributed by atoms with van der Waals surface area (Å²) in [7, 11) is 1.83. The molecule has 0 saturated carbocycles. The third kappa shape index (κ3) is 4.58. The van der Waals surface area contributed by atoms with Crippen molar-refractivity contribution in [2.24, 2.45) is 4.99 Å². The predicted molar refractivity (Wildman–Crippen MR) is 109 cm³/mol. The number of hydrogen-bond acceptors (Lipinski definition) is 3. The van der Waals surface area contributed by atoms with Gasteiger partial charge in [0, 0.05) is 37.1 Å². The number of benzene rings is 1. The van der Waals surface area contributed by atoms with E-state index in [1.54, 1.807) is 0 Å². The van der Waals surface area contributed by atoms with Crippen LogP contribution in [0.1, 0.15) is 43.9 Å². The topological polar surface area (TPSA) is 52.8 Å². The molecule has 0 amide bonds. The lowest BCUT2D eigenvalue weighted by atomic mass is 10.0. The van der Waals surface area contributed by atoms with E-state index in [9.17, 15) is 0 Å². The average molecular weight is 357 g/mol. The molecule has 0 aliphatic carbocycles. The van der Waals surface area contributed by atoms with Crippen LogP contribution in [0.25, 0.3) is 11.0 Å². The number of rotatable bonds is 6. The number of unbranched alkanes of at least 4 members (excludes halogenated alkanes) is 1. The van der Waals surface area contributed by atoms with Crippen molar-refractivity contribution in [3.05, 3.63) is 35.6 Å². The zero-order valence-electron chi connectivity index (χ0n) is 16.3. The monoisotopic (exact) mass is 356 g/mol. The van der Waals surface area contributed by atoms with Crippen molar-refractivity contribution in [2.45, 2.75) is 52.1 Å². The Bertz CT molecular complexity index is 729. The van der Waals surface area contributed by atoms with Crippen molar-refractivity contribution in [1.82, 2.24) is 15.5 Å². The lowest BCUT2D eigenvalue weighted by Crippen LogP contribution is -2.48. The Morgan fingerprint density at radius 2 is 2.04 bits per heavy atom. The summed E-state index contributed by atoms with van der Waals surface area (Å²) >= 11 is 0. The van der Waals surface area contributed by atoms with E-state index in [0.29, 0.717) is 12.6 Å². The van der Waals surface area contributed by atoms with Gasteiger partial charge in [0.1, 0.15) is 11.3 Å². The van der Waals surface area contributed by atoms with Crippen molar-refractivity contribution in [3.63, 3.8) is 0 Å². The molecule has 0 unspecified atom stereocenters. The Morgan fingerprint density at radius 3 is 2.73 bits per heavy atom. The van der Waals surface area contributed by atoms with Crippen molar-refractivity contribution >= 4 is 16.9 Å². The molecule has 1 aliphatic heterocycles. The Labute approximate surface area is 156 Å². The highest BCUT2D eigenvalue weighted by atomic mass is 16.3. The van der Waals surface area contributed by atoms with Crippen LogP contribution < -0.4 is 10.6 Å². The average Bonchev–Trinajstić information content (AvgIpc) is 3.00. The summed E-state index contributed by atoms with van der Waals surface area (Å²) in [5.74, 6) is 1.83. The van der Waals surface area contributed by atoms with E-state index < -0.39 is 0 Å². The van der Waals surface area contributed by atoms with Gasteiger partial charge in [-0.1, -0.05) is 31.5 Å². The number of aryl methyl sites for hydroxylation is 1. The number of likely N-dealkylation sites (tertiary alicyclic amines) is 1. The van der Waals surface area contributed by atoms with Gasteiger partial charge in [-0.3, -0.25) is 4.99 Å². The smallest absolute Gasteiger partial charge is 0.191 e. The third-order valence-electron chi connectivity index (χ3n) is 5.34. The van der Waals surface area contributed by atoms with Gasteiger partial charge in [0.25, 0.3) is 0 Å². The van der Waals surface area contributed by atoms with E-state index in [1.165, 1.54) is 56.3 Å². The van der Waals surface area contributed by atoms with Gasteiger partial charge in [0.05, 0.1) is 6.54 Å². The third-order valence-corrected chi connectivity index (χ3v) is 5.34. The molecule has 0 atom stereocenters. The second kappa shape index (κ2) is 9.08. The van der Waals surface area contributed by atoms with Crippen molar-refractivity contribution in [2.75, 3.05) is 26.7 Å². The molecule has 5 nitrogen and oxygen atoms in total. The van der Waals surface area contributed by atoms with Crippen molar-refractivity contribution < 1.29 is 4.42 Å². The molecule has 1 fully saturated rings. The molecule has 2 heterocycles. The van der Waals surface area contributed by atoms with E-state index in [2.05, 4.69) is 46.5 Å². The zero-order valence-corrected chi connectivity index (χ0v) is 16.3. The summed E-state index contributed by atoms with van der Waals surface area (Å²) in [6.45, 7) is 8.62. The van der Waals surface area contributed by atoms with Crippen molar-refractivity contribution in [1.29, 1.82) is 0 Å². The summed E-state index contributed by atoms with van der Waals surface area (Å²) in [5.41, 5.74) is 2.15. The molecule has 2 aromatic rings.